The number of pyridine rings is 1. The van der Waals surface area contributed by atoms with Crippen molar-refractivity contribution in [1.29, 1.82) is 0 Å². The zero-order valence-corrected chi connectivity index (χ0v) is 22.1. The number of amidine groups is 1. The van der Waals surface area contributed by atoms with Crippen LogP contribution in [0.25, 0.3) is 17.5 Å². The van der Waals surface area contributed by atoms with E-state index < -0.39 is 23.7 Å². The molecule has 0 atom stereocenters. The Bertz CT molecular complexity index is 1490. The van der Waals surface area contributed by atoms with Crippen LogP contribution in [0.15, 0.2) is 71.6 Å². The third kappa shape index (κ3) is 8.11. The van der Waals surface area contributed by atoms with Crippen molar-refractivity contribution in [3.05, 3.63) is 94.3 Å². The van der Waals surface area contributed by atoms with Gasteiger partial charge in [0.15, 0.2) is 11.5 Å². The van der Waals surface area contributed by atoms with E-state index in [1.165, 1.54) is 49.9 Å². The normalized spacial score (nSPS) is 12.8. The molecule has 1 aromatic carbocycles. The molecule has 0 aliphatic carbocycles. The number of hydrogen-bond acceptors (Lipinski definition) is 5. The van der Waals surface area contributed by atoms with Gasteiger partial charge in [-0.1, -0.05) is 23.3 Å². The van der Waals surface area contributed by atoms with Crippen molar-refractivity contribution in [3.63, 3.8) is 0 Å². The van der Waals surface area contributed by atoms with E-state index in [1.54, 1.807) is 19.1 Å². The van der Waals surface area contributed by atoms with Gasteiger partial charge in [0, 0.05) is 41.5 Å². The van der Waals surface area contributed by atoms with E-state index >= 15 is 0 Å². The number of carbonyl (C=O) groups is 1. The zero-order chi connectivity index (χ0) is 28.7. The largest absolute Gasteiger partial charge is 0.466 e. The predicted octanol–water partition coefficient (Wildman–Crippen LogP) is 7.10. The van der Waals surface area contributed by atoms with Gasteiger partial charge in [0.05, 0.1) is 12.1 Å². The minimum Gasteiger partial charge on any atom is -0.466 e. The molecule has 0 bridgehead atoms. The lowest BCUT2D eigenvalue weighted by molar-refractivity contribution is -0.141. The molecule has 7 nitrogen and oxygen atoms in total. The van der Waals surface area contributed by atoms with Crippen LogP contribution in [0.5, 0.6) is 0 Å². The van der Waals surface area contributed by atoms with Gasteiger partial charge in [-0.15, -0.1) is 0 Å². The Kier molecular flexibility index (Phi) is 9.42. The molecule has 2 heterocycles. The molecular weight excluding hydrogens is 538 g/mol. The van der Waals surface area contributed by atoms with Gasteiger partial charge in [0.25, 0.3) is 0 Å². The van der Waals surface area contributed by atoms with Gasteiger partial charge in [-0.05, 0) is 62.7 Å². The number of alkyl halides is 3. The molecule has 0 radical (unpaired) electrons. The quantitative estimate of drug-likeness (QED) is 0.0831. The molecule has 39 heavy (non-hydrogen) atoms. The number of aliphatic imine (C=N–C) groups is 1. The fourth-order valence-corrected chi connectivity index (χ4v) is 3.47. The number of benzene rings is 1. The number of anilines is 1. The van der Waals surface area contributed by atoms with Crippen LogP contribution < -0.4 is 5.32 Å². The van der Waals surface area contributed by atoms with Crippen molar-refractivity contribution in [1.82, 2.24) is 14.8 Å². The summed E-state index contributed by atoms with van der Waals surface area (Å²) in [6, 6.07) is 6.50. The summed E-state index contributed by atoms with van der Waals surface area (Å²) in [5.41, 5.74) is 1.55. The number of esters is 1. The molecule has 3 aromatic rings. The van der Waals surface area contributed by atoms with E-state index in [0.29, 0.717) is 22.4 Å². The van der Waals surface area contributed by atoms with E-state index in [4.69, 9.17) is 11.6 Å². The van der Waals surface area contributed by atoms with Crippen LogP contribution in [-0.2, 0) is 15.7 Å². The molecule has 0 spiro atoms. The molecule has 204 valence electrons. The Hall–Kier alpha value is -4.25. The van der Waals surface area contributed by atoms with Gasteiger partial charge in [0.2, 0.25) is 0 Å². The summed E-state index contributed by atoms with van der Waals surface area (Å²) in [6.07, 6.45) is 3.93. The van der Waals surface area contributed by atoms with Crippen LogP contribution in [0.1, 0.15) is 37.6 Å². The summed E-state index contributed by atoms with van der Waals surface area (Å²) in [5, 5.41) is 6.57. The third-order valence-electron chi connectivity index (χ3n) is 4.97. The monoisotopic (exact) mass is 561 g/mol. The number of halogens is 5. The van der Waals surface area contributed by atoms with Gasteiger partial charge in [-0.25, -0.2) is 18.9 Å². The van der Waals surface area contributed by atoms with Gasteiger partial charge < -0.3 is 10.1 Å². The van der Waals surface area contributed by atoms with E-state index in [-0.39, 0.29) is 16.7 Å². The second kappa shape index (κ2) is 12.5. The summed E-state index contributed by atoms with van der Waals surface area (Å²) in [7, 11) is 1.25. The molecule has 2 aromatic heterocycles. The average molecular weight is 562 g/mol. The second-order valence-electron chi connectivity index (χ2n) is 8.42. The van der Waals surface area contributed by atoms with E-state index in [9.17, 15) is 22.4 Å². The van der Waals surface area contributed by atoms with E-state index in [2.05, 4.69) is 25.1 Å². The molecule has 3 rings (SSSR count). The Balaban J connectivity index is 2.23. The Morgan fingerprint density at radius 3 is 2.51 bits per heavy atom. The van der Waals surface area contributed by atoms with Crippen LogP contribution in [-0.4, -0.2) is 33.7 Å². The van der Waals surface area contributed by atoms with Crippen molar-refractivity contribution in [2.45, 2.75) is 26.9 Å². The second-order valence-corrected chi connectivity index (χ2v) is 8.82. The first-order valence-electron chi connectivity index (χ1n) is 11.4. The molecule has 0 saturated heterocycles. The summed E-state index contributed by atoms with van der Waals surface area (Å²) >= 11 is 5.87. The topological polar surface area (TPSA) is 81.4 Å². The first-order valence-corrected chi connectivity index (χ1v) is 11.8. The molecule has 0 aliphatic heterocycles. The first-order chi connectivity index (χ1) is 18.4. The van der Waals surface area contributed by atoms with Crippen LogP contribution in [0.4, 0.5) is 23.2 Å². The maximum Gasteiger partial charge on any atom is 0.435 e. The van der Waals surface area contributed by atoms with Crippen molar-refractivity contribution in [2.75, 3.05) is 12.4 Å². The Morgan fingerprint density at radius 1 is 1.15 bits per heavy atom. The molecule has 1 N–H and O–H groups in total. The fraction of sp³-hybridized carbons (Fsp3) is 0.185. The molecule has 0 amide bonds. The van der Waals surface area contributed by atoms with Gasteiger partial charge in [-0.2, -0.15) is 18.3 Å². The van der Waals surface area contributed by atoms with Gasteiger partial charge >= 0.3 is 12.1 Å². The van der Waals surface area contributed by atoms with Gasteiger partial charge in [-0.3, -0.25) is 4.98 Å². The minimum absolute atomic E-state index is 0.0424. The maximum absolute atomic E-state index is 13.6. The van der Waals surface area contributed by atoms with Crippen LogP contribution in [0.3, 0.4) is 0 Å². The number of allylic oxidation sites excluding steroid dienone is 3. The van der Waals surface area contributed by atoms with Crippen molar-refractivity contribution in [2.24, 2.45) is 4.99 Å². The highest BCUT2D eigenvalue weighted by Crippen LogP contribution is 2.31. The van der Waals surface area contributed by atoms with Crippen LogP contribution in [0, 0.1) is 5.82 Å². The van der Waals surface area contributed by atoms with Crippen molar-refractivity contribution in [3.8, 4) is 0 Å². The predicted molar refractivity (Wildman–Crippen MR) is 143 cm³/mol. The Labute approximate surface area is 227 Å². The van der Waals surface area contributed by atoms with Crippen molar-refractivity contribution >= 4 is 46.6 Å². The third-order valence-corrected chi connectivity index (χ3v) is 5.26. The van der Waals surface area contributed by atoms with Crippen molar-refractivity contribution < 1.29 is 27.1 Å². The fourth-order valence-electron chi connectivity index (χ4n) is 3.29. The lowest BCUT2D eigenvalue weighted by atomic mass is 10.0. The lowest BCUT2D eigenvalue weighted by Gasteiger charge is -2.13. The SMILES string of the molecule is COC(=O)/C=C/c1cncc(/C(C=C(C)C)=C(/N=C(\C)Nc2ccc(F)c(Cl)c2)n2ccc(C(F)(F)F)n2)c1. The highest BCUT2D eigenvalue weighted by molar-refractivity contribution is 6.31. The van der Waals surface area contributed by atoms with Crippen LogP contribution in [0.2, 0.25) is 5.02 Å². The number of methoxy groups -OCH3 is 1. The summed E-state index contributed by atoms with van der Waals surface area (Å²) in [6.45, 7) is 5.20. The molecule has 0 unspecified atom stereocenters. The summed E-state index contributed by atoms with van der Waals surface area (Å²) < 4.78 is 59.4. The number of nitrogens with one attached hydrogen (secondary N) is 1. The van der Waals surface area contributed by atoms with E-state index in [0.717, 1.165) is 22.5 Å². The first kappa shape index (κ1) is 29.3. The summed E-state index contributed by atoms with van der Waals surface area (Å²) in [5.74, 6) is -0.871. The highest BCUT2D eigenvalue weighted by atomic mass is 35.5. The molecule has 0 aliphatic rings. The standard InChI is InChI=1S/C27H24ClF4N5O2/c1-16(2)11-21(19-12-18(14-33-15-19)5-8-25(38)39-4)26(37-10-9-24(36-37)27(30,31)32)35-17(3)34-20-6-7-23(29)22(28)13-20/h5-15H,1-4H3,(H,34,35)/b8-5+,26-21-. The highest BCUT2D eigenvalue weighted by Gasteiger charge is 2.34. The molecule has 0 fully saturated rings. The number of rotatable bonds is 7. The molecular formula is C27H24ClF4N5O2. The smallest absolute Gasteiger partial charge is 0.435 e. The number of nitrogens with zero attached hydrogens (tertiary/aromatic N) is 4. The molecule has 12 heteroatoms. The number of ether oxygens (including phenoxy) is 1. The number of aromatic nitrogens is 3. The lowest BCUT2D eigenvalue weighted by Crippen LogP contribution is -2.12. The number of carbonyl (C=O) groups excluding carboxylic acids is 1. The summed E-state index contributed by atoms with van der Waals surface area (Å²) in [4.78, 5) is 20.3. The molecule has 0 saturated carbocycles. The van der Waals surface area contributed by atoms with E-state index in [1.807, 2.05) is 13.8 Å². The average Bonchev–Trinajstić information content (AvgIpc) is 3.38. The van der Waals surface area contributed by atoms with Crippen LogP contribution >= 0.6 is 11.6 Å². The number of hydrogen-bond donors (Lipinski definition) is 1. The van der Waals surface area contributed by atoms with Gasteiger partial charge in [0.1, 0.15) is 11.7 Å². The minimum atomic E-state index is -4.67. The maximum atomic E-state index is 13.6. The zero-order valence-electron chi connectivity index (χ0n) is 21.3. The Morgan fingerprint density at radius 2 is 1.90 bits per heavy atom.